The van der Waals surface area contributed by atoms with Gasteiger partial charge in [-0.3, -0.25) is 9.78 Å². The highest BCUT2D eigenvalue weighted by Crippen LogP contribution is 2.05. The molecule has 1 atom stereocenters. The molecule has 1 heterocycles. The SMILES string of the molecule is CC(C)CC(NC(=O)O)C(=O)NCc1cccnc1. The van der Waals surface area contributed by atoms with Gasteiger partial charge in [-0.05, 0) is 24.0 Å². The Morgan fingerprint density at radius 2 is 2.16 bits per heavy atom. The van der Waals surface area contributed by atoms with Crippen LogP contribution in [0.4, 0.5) is 4.79 Å². The van der Waals surface area contributed by atoms with Gasteiger partial charge in [0.1, 0.15) is 6.04 Å². The number of pyridine rings is 1. The van der Waals surface area contributed by atoms with Crippen LogP contribution in [0.25, 0.3) is 0 Å². The van der Waals surface area contributed by atoms with Gasteiger partial charge in [-0.1, -0.05) is 19.9 Å². The third-order valence-electron chi connectivity index (χ3n) is 2.51. The van der Waals surface area contributed by atoms with Crippen molar-refractivity contribution in [2.45, 2.75) is 32.9 Å². The molecule has 19 heavy (non-hydrogen) atoms. The first-order chi connectivity index (χ1) is 8.99. The number of hydrogen-bond acceptors (Lipinski definition) is 3. The monoisotopic (exact) mass is 265 g/mol. The molecule has 1 aromatic rings. The fourth-order valence-corrected chi connectivity index (χ4v) is 1.67. The Kier molecular flexibility index (Phi) is 5.78. The van der Waals surface area contributed by atoms with Crippen LogP contribution in [0, 0.1) is 5.92 Å². The van der Waals surface area contributed by atoms with Gasteiger partial charge in [0.05, 0.1) is 0 Å². The van der Waals surface area contributed by atoms with Crippen molar-refractivity contribution >= 4 is 12.0 Å². The molecule has 0 spiro atoms. The molecule has 104 valence electrons. The summed E-state index contributed by atoms with van der Waals surface area (Å²) in [6.45, 7) is 4.21. The molecule has 1 aromatic heterocycles. The zero-order chi connectivity index (χ0) is 14.3. The first kappa shape index (κ1) is 14.9. The van der Waals surface area contributed by atoms with Crippen LogP contribution in [0.2, 0.25) is 0 Å². The van der Waals surface area contributed by atoms with Crippen LogP contribution < -0.4 is 10.6 Å². The molecule has 2 amide bonds. The van der Waals surface area contributed by atoms with E-state index in [1.807, 2.05) is 19.9 Å². The summed E-state index contributed by atoms with van der Waals surface area (Å²) in [5, 5.41) is 13.7. The van der Waals surface area contributed by atoms with Crippen molar-refractivity contribution in [3.05, 3.63) is 30.1 Å². The van der Waals surface area contributed by atoms with Gasteiger partial charge in [0.25, 0.3) is 0 Å². The minimum Gasteiger partial charge on any atom is -0.465 e. The van der Waals surface area contributed by atoms with Gasteiger partial charge in [-0.2, -0.15) is 0 Å². The summed E-state index contributed by atoms with van der Waals surface area (Å²) in [5.41, 5.74) is 0.870. The normalized spacial score (nSPS) is 11.9. The molecule has 0 radical (unpaired) electrons. The number of rotatable bonds is 6. The summed E-state index contributed by atoms with van der Waals surface area (Å²) in [7, 11) is 0. The Labute approximate surface area is 112 Å². The Morgan fingerprint density at radius 3 is 2.68 bits per heavy atom. The van der Waals surface area contributed by atoms with Gasteiger partial charge in [0, 0.05) is 18.9 Å². The molecule has 0 aromatic carbocycles. The molecule has 6 nitrogen and oxygen atoms in total. The fraction of sp³-hybridized carbons (Fsp3) is 0.462. The first-order valence-electron chi connectivity index (χ1n) is 6.15. The summed E-state index contributed by atoms with van der Waals surface area (Å²) in [6, 6.07) is 2.90. The van der Waals surface area contributed by atoms with Crippen LogP contribution in [-0.4, -0.2) is 28.1 Å². The van der Waals surface area contributed by atoms with E-state index in [2.05, 4.69) is 15.6 Å². The van der Waals surface area contributed by atoms with Gasteiger partial charge < -0.3 is 15.7 Å². The van der Waals surface area contributed by atoms with E-state index >= 15 is 0 Å². The molecule has 0 bridgehead atoms. The zero-order valence-electron chi connectivity index (χ0n) is 11.1. The average molecular weight is 265 g/mol. The number of carbonyl (C=O) groups excluding carboxylic acids is 1. The molecular formula is C13H19N3O3. The van der Waals surface area contributed by atoms with Crippen molar-refractivity contribution in [3.8, 4) is 0 Å². The highest BCUT2D eigenvalue weighted by atomic mass is 16.4. The average Bonchev–Trinajstić information content (AvgIpc) is 2.35. The largest absolute Gasteiger partial charge is 0.465 e. The summed E-state index contributed by atoms with van der Waals surface area (Å²) >= 11 is 0. The highest BCUT2D eigenvalue weighted by Gasteiger charge is 2.21. The maximum atomic E-state index is 11.9. The highest BCUT2D eigenvalue weighted by molar-refractivity contribution is 5.85. The molecule has 6 heteroatoms. The quantitative estimate of drug-likeness (QED) is 0.724. The lowest BCUT2D eigenvalue weighted by Crippen LogP contribution is -2.46. The minimum atomic E-state index is -1.19. The molecule has 3 N–H and O–H groups in total. The second-order valence-electron chi connectivity index (χ2n) is 4.71. The predicted octanol–water partition coefficient (Wildman–Crippen LogP) is 1.38. The standard InChI is InChI=1S/C13H19N3O3/c1-9(2)6-11(16-13(18)19)12(17)15-8-10-4-3-5-14-7-10/h3-5,7,9,11,16H,6,8H2,1-2H3,(H,15,17)(H,18,19). The van der Waals surface area contributed by atoms with Crippen LogP contribution in [0.5, 0.6) is 0 Å². The topological polar surface area (TPSA) is 91.3 Å². The molecule has 0 saturated carbocycles. The summed E-state index contributed by atoms with van der Waals surface area (Å²) in [6.07, 6.45) is 2.58. The summed E-state index contributed by atoms with van der Waals surface area (Å²) < 4.78 is 0. The van der Waals surface area contributed by atoms with E-state index in [0.29, 0.717) is 13.0 Å². The van der Waals surface area contributed by atoms with Gasteiger partial charge in [0.15, 0.2) is 0 Å². The van der Waals surface area contributed by atoms with Gasteiger partial charge >= 0.3 is 6.09 Å². The second kappa shape index (κ2) is 7.35. The van der Waals surface area contributed by atoms with E-state index in [-0.39, 0.29) is 11.8 Å². The van der Waals surface area contributed by atoms with E-state index in [0.717, 1.165) is 5.56 Å². The minimum absolute atomic E-state index is 0.223. The van der Waals surface area contributed by atoms with Crippen molar-refractivity contribution in [1.82, 2.24) is 15.6 Å². The van der Waals surface area contributed by atoms with E-state index in [1.165, 1.54) is 0 Å². The number of nitrogens with zero attached hydrogens (tertiary/aromatic N) is 1. The molecular weight excluding hydrogens is 246 g/mol. The van der Waals surface area contributed by atoms with Crippen molar-refractivity contribution < 1.29 is 14.7 Å². The summed E-state index contributed by atoms with van der Waals surface area (Å²) in [4.78, 5) is 26.5. The number of amides is 2. The Morgan fingerprint density at radius 1 is 1.42 bits per heavy atom. The van der Waals surface area contributed by atoms with Crippen LogP contribution in [0.3, 0.4) is 0 Å². The molecule has 1 unspecified atom stereocenters. The predicted molar refractivity (Wildman–Crippen MR) is 70.5 cm³/mol. The third kappa shape index (κ3) is 5.85. The number of aromatic nitrogens is 1. The fourth-order valence-electron chi connectivity index (χ4n) is 1.67. The van der Waals surface area contributed by atoms with Crippen LogP contribution in [0.1, 0.15) is 25.8 Å². The van der Waals surface area contributed by atoms with Crippen molar-refractivity contribution in [2.75, 3.05) is 0 Å². The third-order valence-corrected chi connectivity index (χ3v) is 2.51. The molecule has 0 fully saturated rings. The zero-order valence-corrected chi connectivity index (χ0v) is 11.1. The Hall–Kier alpha value is -2.11. The lowest BCUT2D eigenvalue weighted by molar-refractivity contribution is -0.123. The van der Waals surface area contributed by atoms with E-state index < -0.39 is 12.1 Å². The van der Waals surface area contributed by atoms with Gasteiger partial charge in [-0.25, -0.2) is 4.79 Å². The number of carboxylic acid groups (broad SMARTS) is 1. The van der Waals surface area contributed by atoms with Gasteiger partial charge in [0.2, 0.25) is 5.91 Å². The maximum Gasteiger partial charge on any atom is 0.405 e. The van der Waals surface area contributed by atoms with Gasteiger partial charge in [-0.15, -0.1) is 0 Å². The Balaban J connectivity index is 2.54. The van der Waals surface area contributed by atoms with Crippen molar-refractivity contribution in [1.29, 1.82) is 0 Å². The molecule has 0 aliphatic rings. The van der Waals surface area contributed by atoms with Crippen LogP contribution in [0.15, 0.2) is 24.5 Å². The lowest BCUT2D eigenvalue weighted by atomic mass is 10.0. The maximum absolute atomic E-state index is 11.9. The number of hydrogen-bond donors (Lipinski definition) is 3. The molecule has 0 aliphatic heterocycles. The van der Waals surface area contributed by atoms with Crippen LogP contribution >= 0.6 is 0 Å². The molecule has 0 saturated heterocycles. The molecule has 1 rings (SSSR count). The van der Waals surface area contributed by atoms with E-state index in [9.17, 15) is 9.59 Å². The van der Waals surface area contributed by atoms with E-state index in [1.54, 1.807) is 18.5 Å². The summed E-state index contributed by atoms with van der Waals surface area (Å²) in [5.74, 6) is -0.0963. The first-order valence-corrected chi connectivity index (χ1v) is 6.15. The molecule has 0 aliphatic carbocycles. The van der Waals surface area contributed by atoms with Crippen molar-refractivity contribution in [3.63, 3.8) is 0 Å². The van der Waals surface area contributed by atoms with Crippen molar-refractivity contribution in [2.24, 2.45) is 5.92 Å². The second-order valence-corrected chi connectivity index (χ2v) is 4.71. The van der Waals surface area contributed by atoms with E-state index in [4.69, 9.17) is 5.11 Å². The van der Waals surface area contributed by atoms with Crippen LogP contribution in [-0.2, 0) is 11.3 Å². The smallest absolute Gasteiger partial charge is 0.405 e. The Bertz CT molecular complexity index is 420. The number of nitrogens with one attached hydrogen (secondary N) is 2. The lowest BCUT2D eigenvalue weighted by Gasteiger charge is -2.18. The number of carbonyl (C=O) groups is 2.